The zero-order chi connectivity index (χ0) is 45.4. The largest absolute Gasteiger partial charge is 0.472 e. The van der Waals surface area contributed by atoms with Gasteiger partial charge in [0.25, 0.3) is 0 Å². The van der Waals surface area contributed by atoms with Crippen molar-refractivity contribution in [2.45, 2.75) is 149 Å². The number of rotatable bonds is 35. The summed E-state index contributed by atoms with van der Waals surface area (Å²) in [5, 5.41) is 20.0. The second kappa shape index (κ2) is 33.2. The molecule has 61 heavy (non-hydrogen) atoms. The van der Waals surface area contributed by atoms with Gasteiger partial charge in [0.05, 0.1) is 40.0 Å². The first-order chi connectivity index (χ1) is 29.1. The summed E-state index contributed by atoms with van der Waals surface area (Å²) in [5.41, 5.74) is 2.54. The number of furan rings is 1. The second-order valence-corrected chi connectivity index (χ2v) is 17.8. The van der Waals surface area contributed by atoms with Crippen LogP contribution in [0.15, 0.2) is 77.3 Å². The van der Waals surface area contributed by atoms with Crippen molar-refractivity contribution < 1.29 is 56.7 Å². The number of aliphatic hydroxyl groups excluding tert-OH is 2. The Morgan fingerprint density at radius 2 is 1.31 bits per heavy atom. The highest BCUT2D eigenvalue weighted by molar-refractivity contribution is 7.47. The zero-order valence-electron chi connectivity index (χ0n) is 38.3. The van der Waals surface area contributed by atoms with E-state index >= 15 is 0 Å². The zero-order valence-corrected chi connectivity index (χ0v) is 39.2. The number of ether oxygens (including phenoxy) is 2. The number of aliphatic hydroxyl groups is 2. The second-order valence-electron chi connectivity index (χ2n) is 16.3. The van der Waals surface area contributed by atoms with Crippen molar-refractivity contribution >= 4 is 19.8 Å². The maximum Gasteiger partial charge on any atom is 0.472 e. The van der Waals surface area contributed by atoms with Crippen LogP contribution in [0.3, 0.4) is 0 Å². The van der Waals surface area contributed by atoms with E-state index in [0.29, 0.717) is 43.1 Å². The van der Waals surface area contributed by atoms with Gasteiger partial charge in [-0.3, -0.25) is 18.6 Å². The number of aryl methyl sites for hydroxylation is 2. The van der Waals surface area contributed by atoms with Gasteiger partial charge in [-0.05, 0) is 76.3 Å². The van der Waals surface area contributed by atoms with Gasteiger partial charge in [0.15, 0.2) is 6.10 Å². The van der Waals surface area contributed by atoms with Crippen molar-refractivity contribution in [1.29, 1.82) is 0 Å². The Labute approximate surface area is 367 Å². The Morgan fingerprint density at radius 3 is 1.93 bits per heavy atom. The van der Waals surface area contributed by atoms with E-state index in [1.54, 1.807) is 36.5 Å². The highest BCUT2D eigenvalue weighted by Crippen LogP contribution is 2.43. The highest BCUT2D eigenvalue weighted by Gasteiger charge is 2.27. The van der Waals surface area contributed by atoms with Crippen molar-refractivity contribution in [2.24, 2.45) is 0 Å². The fraction of sp³-hybridized carbons (Fsp3) is 0.625. The van der Waals surface area contributed by atoms with Crippen LogP contribution < -0.4 is 0 Å². The molecule has 12 nitrogen and oxygen atoms in total. The topological polar surface area (TPSA) is 162 Å². The molecule has 13 heteroatoms. The van der Waals surface area contributed by atoms with E-state index in [1.165, 1.54) is 11.1 Å². The molecule has 0 spiro atoms. The number of unbranched alkanes of at least 4 members (excludes halogenated alkanes) is 5. The Kier molecular flexibility index (Phi) is 30.3. The van der Waals surface area contributed by atoms with E-state index in [1.807, 2.05) is 64.5 Å². The van der Waals surface area contributed by atoms with Crippen LogP contribution in [0.5, 0.6) is 0 Å². The number of carbonyl (C=O) groups is 2. The van der Waals surface area contributed by atoms with Gasteiger partial charge in [0.2, 0.25) is 0 Å². The summed E-state index contributed by atoms with van der Waals surface area (Å²) in [5.74, 6) is 1.20. The first kappa shape index (κ1) is 55.7. The molecule has 3 N–H and O–H groups in total. The fourth-order valence-electron chi connectivity index (χ4n) is 5.85. The lowest BCUT2D eigenvalue weighted by Gasteiger charge is -2.24. The molecule has 1 aromatic rings. The standard InChI is InChI=1S/C48H78NO11P/c1-8-10-21-29-42(50)31-23-19-20-24-32-43(51)30-22-15-11-13-17-26-34-47(52)56-38-44(39-58-61(54,55)57-37-36-49(5,6)7)59-48(53)35-27-18-14-12-16-25-33-46-41(4)40(3)45(60-46)28-9-2/h10,13,15,17,19-24,31-32,42-44,50-51H,8-9,11-12,14,16,18,25-30,33-39H2,1-7H3/p+1/b17-13-,20-19-,21-10-,22-15-,31-23+,32-24+/t42-,43+,44-/m1/s1. The average Bonchev–Trinajstić information content (AvgIpc) is 3.46. The molecule has 1 rings (SSSR count). The first-order valence-electron chi connectivity index (χ1n) is 22.2. The molecular formula is C48H79NO11P+. The van der Waals surface area contributed by atoms with Crippen LogP contribution in [0.4, 0.5) is 0 Å². The molecule has 0 fully saturated rings. The van der Waals surface area contributed by atoms with E-state index in [4.69, 9.17) is 22.9 Å². The third-order valence-corrected chi connectivity index (χ3v) is 10.6. The van der Waals surface area contributed by atoms with Crippen molar-refractivity contribution in [2.75, 3.05) is 47.5 Å². The molecule has 1 unspecified atom stereocenters. The number of esters is 2. The number of allylic oxidation sites excluding steroid dienone is 8. The lowest BCUT2D eigenvalue weighted by atomic mass is 10.0. The number of nitrogens with zero attached hydrogens (tertiary/aromatic N) is 1. The van der Waals surface area contributed by atoms with Crippen LogP contribution in [-0.2, 0) is 45.5 Å². The third-order valence-electron chi connectivity index (χ3n) is 9.60. The van der Waals surface area contributed by atoms with Gasteiger partial charge in [-0.1, -0.05) is 112 Å². The molecule has 1 aromatic heterocycles. The molecule has 0 saturated heterocycles. The minimum atomic E-state index is -4.44. The van der Waals surface area contributed by atoms with E-state index in [-0.39, 0.29) is 26.1 Å². The molecule has 346 valence electrons. The maximum absolute atomic E-state index is 12.8. The van der Waals surface area contributed by atoms with Crippen molar-refractivity contribution in [1.82, 2.24) is 0 Å². The SMILES string of the molecule is CC/C=C\C[C@@H](O)/C=C/C=C\C=C\[C@@H](O)C/C=C\C/C=C\CCC(=O)OC[C@H](COP(=O)(O)OCC[N+](C)(C)C)OC(=O)CCCCCCCCc1oc(CCC)c(C)c1C. The Bertz CT molecular complexity index is 1580. The molecule has 0 aliphatic heterocycles. The van der Waals surface area contributed by atoms with E-state index < -0.39 is 44.7 Å². The van der Waals surface area contributed by atoms with E-state index in [0.717, 1.165) is 69.3 Å². The quantitative estimate of drug-likeness (QED) is 0.0149. The molecule has 0 aromatic carbocycles. The van der Waals surface area contributed by atoms with Crippen molar-refractivity contribution in [3.63, 3.8) is 0 Å². The normalized spacial score (nSPS) is 15.2. The average molecular weight is 877 g/mol. The first-order valence-corrected chi connectivity index (χ1v) is 23.7. The molecule has 1 heterocycles. The summed E-state index contributed by atoms with van der Waals surface area (Å²) in [7, 11) is 1.33. The monoisotopic (exact) mass is 877 g/mol. The van der Waals surface area contributed by atoms with Gasteiger partial charge in [0.1, 0.15) is 31.3 Å². The Hall–Kier alpha value is -3.35. The summed E-state index contributed by atoms with van der Waals surface area (Å²) in [4.78, 5) is 35.5. The van der Waals surface area contributed by atoms with E-state index in [2.05, 4.69) is 20.8 Å². The Morgan fingerprint density at radius 1 is 0.721 bits per heavy atom. The van der Waals surface area contributed by atoms with Crippen molar-refractivity contribution in [3.05, 3.63) is 95.6 Å². The summed E-state index contributed by atoms with van der Waals surface area (Å²) >= 11 is 0. The van der Waals surface area contributed by atoms with Crippen LogP contribution in [0, 0.1) is 13.8 Å². The summed E-state index contributed by atoms with van der Waals surface area (Å²) < 4.78 is 40.3. The molecule has 0 saturated carbocycles. The lowest BCUT2D eigenvalue weighted by molar-refractivity contribution is -0.870. The van der Waals surface area contributed by atoms with Gasteiger partial charge in [-0.25, -0.2) is 4.57 Å². The van der Waals surface area contributed by atoms with Gasteiger partial charge in [-0.15, -0.1) is 0 Å². The number of hydrogen-bond acceptors (Lipinski definition) is 10. The highest BCUT2D eigenvalue weighted by atomic mass is 31.2. The van der Waals surface area contributed by atoms with Crippen LogP contribution in [0.25, 0.3) is 0 Å². The maximum atomic E-state index is 12.8. The molecule has 0 amide bonds. The van der Waals surface area contributed by atoms with Crippen LogP contribution in [-0.4, -0.2) is 97.3 Å². The van der Waals surface area contributed by atoms with Crippen LogP contribution >= 0.6 is 7.82 Å². The molecular weight excluding hydrogens is 797 g/mol. The van der Waals surface area contributed by atoms with Gasteiger partial charge in [0, 0.05) is 25.7 Å². The predicted molar refractivity (Wildman–Crippen MR) is 244 cm³/mol. The summed E-state index contributed by atoms with van der Waals surface area (Å²) in [6.07, 6.45) is 31.8. The molecule has 4 atom stereocenters. The summed E-state index contributed by atoms with van der Waals surface area (Å²) in [6, 6.07) is 0. The van der Waals surface area contributed by atoms with Gasteiger partial charge >= 0.3 is 19.8 Å². The minimum absolute atomic E-state index is 0.0109. The molecule has 0 aliphatic carbocycles. The number of quaternary nitrogens is 1. The smallest absolute Gasteiger partial charge is 0.466 e. The number of likely N-dealkylation sites (N-methyl/N-ethyl adjacent to an activating group) is 1. The van der Waals surface area contributed by atoms with Crippen LogP contribution in [0.1, 0.15) is 126 Å². The lowest BCUT2D eigenvalue weighted by Crippen LogP contribution is -2.37. The fourth-order valence-corrected chi connectivity index (χ4v) is 6.59. The molecule has 0 aliphatic rings. The minimum Gasteiger partial charge on any atom is -0.466 e. The van der Waals surface area contributed by atoms with Crippen LogP contribution in [0.2, 0.25) is 0 Å². The van der Waals surface area contributed by atoms with E-state index in [9.17, 15) is 29.3 Å². The molecule has 0 radical (unpaired) electrons. The van der Waals surface area contributed by atoms with Gasteiger partial charge < -0.3 is 33.5 Å². The number of hydrogen-bond donors (Lipinski definition) is 3. The third kappa shape index (κ3) is 30.4. The number of carbonyl (C=O) groups excluding carboxylic acids is 2. The number of phosphoric ester groups is 1. The predicted octanol–water partition coefficient (Wildman–Crippen LogP) is 9.84. The van der Waals surface area contributed by atoms with Crippen molar-refractivity contribution in [3.8, 4) is 0 Å². The van der Waals surface area contributed by atoms with Gasteiger partial charge in [-0.2, -0.15) is 0 Å². The Balaban J connectivity index is 2.46. The molecule has 0 bridgehead atoms. The summed E-state index contributed by atoms with van der Waals surface area (Å²) in [6.45, 7) is 8.14. The number of phosphoric acid groups is 1.